The fraction of sp³-hybridized carbons (Fsp3) is 0. The molecule has 1 N–H and O–H groups in total. The van der Waals surface area contributed by atoms with Crippen molar-refractivity contribution in [1.29, 1.82) is 0 Å². The van der Waals surface area contributed by atoms with E-state index in [2.05, 4.69) is 22.7 Å². The van der Waals surface area contributed by atoms with Gasteiger partial charge in [0.25, 0.3) is 0 Å². The summed E-state index contributed by atoms with van der Waals surface area (Å²) in [6, 6.07) is 23.6. The molecule has 0 aliphatic rings. The molecule has 1 aromatic heterocycles. The Kier molecular flexibility index (Phi) is 3.85. The monoisotopic (exact) mass is 331 g/mol. The van der Waals surface area contributed by atoms with Crippen molar-refractivity contribution < 1.29 is 0 Å². The Hall–Kier alpha value is -2.91. The molecule has 0 radical (unpaired) electrons. The van der Waals surface area contributed by atoms with Crippen molar-refractivity contribution in [2.75, 3.05) is 5.43 Å². The zero-order valence-electron chi connectivity index (χ0n) is 12.8. The highest BCUT2D eigenvalue weighted by molar-refractivity contribution is 6.30. The molecule has 0 saturated carbocycles. The third-order valence-electron chi connectivity index (χ3n) is 3.86. The zero-order valence-corrected chi connectivity index (χ0v) is 13.5. The van der Waals surface area contributed by atoms with Gasteiger partial charge < -0.3 is 0 Å². The zero-order chi connectivity index (χ0) is 16.4. The highest BCUT2D eigenvalue weighted by atomic mass is 35.5. The van der Waals surface area contributed by atoms with Gasteiger partial charge in [-0.2, -0.15) is 5.10 Å². The van der Waals surface area contributed by atoms with Crippen LogP contribution in [0, 0.1) is 0 Å². The van der Waals surface area contributed by atoms with Gasteiger partial charge in [0.1, 0.15) is 0 Å². The van der Waals surface area contributed by atoms with Crippen molar-refractivity contribution in [2.45, 2.75) is 0 Å². The quantitative estimate of drug-likeness (QED) is 0.306. The first-order valence-corrected chi connectivity index (χ1v) is 8.01. The second-order valence-electron chi connectivity index (χ2n) is 5.44. The largest absolute Gasteiger partial charge is 0.279 e. The first kappa shape index (κ1) is 14.7. The molecule has 24 heavy (non-hydrogen) atoms. The van der Waals surface area contributed by atoms with E-state index in [9.17, 15) is 0 Å². The van der Waals surface area contributed by atoms with E-state index in [1.807, 2.05) is 66.9 Å². The lowest BCUT2D eigenvalue weighted by atomic mass is 10.0. The minimum absolute atomic E-state index is 0.704. The maximum atomic E-state index is 5.90. The Balaban J connectivity index is 1.78. The summed E-state index contributed by atoms with van der Waals surface area (Å²) in [5.74, 6) is 0. The van der Waals surface area contributed by atoms with E-state index in [0.29, 0.717) is 5.02 Å². The molecule has 0 fully saturated rings. The number of fused-ring (bicyclic) bond motifs is 2. The van der Waals surface area contributed by atoms with Gasteiger partial charge in [0.05, 0.1) is 22.9 Å². The highest BCUT2D eigenvalue weighted by Gasteiger charge is 2.06. The molecule has 1 heterocycles. The molecule has 0 amide bonds. The number of anilines is 1. The predicted molar refractivity (Wildman–Crippen MR) is 102 cm³/mol. The van der Waals surface area contributed by atoms with Crippen LogP contribution in [-0.4, -0.2) is 11.2 Å². The van der Waals surface area contributed by atoms with Crippen molar-refractivity contribution in [3.63, 3.8) is 0 Å². The Morgan fingerprint density at radius 2 is 1.38 bits per heavy atom. The first-order valence-electron chi connectivity index (χ1n) is 7.63. The summed E-state index contributed by atoms with van der Waals surface area (Å²) < 4.78 is 0. The van der Waals surface area contributed by atoms with Crippen molar-refractivity contribution in [3.05, 3.63) is 83.4 Å². The average molecular weight is 332 g/mol. The van der Waals surface area contributed by atoms with Crippen LogP contribution in [-0.2, 0) is 0 Å². The smallest absolute Gasteiger partial charge is 0.0716 e. The van der Waals surface area contributed by atoms with Crippen molar-refractivity contribution in [2.24, 2.45) is 5.10 Å². The minimum atomic E-state index is 0.704. The van der Waals surface area contributed by atoms with Crippen molar-refractivity contribution in [1.82, 2.24) is 4.98 Å². The number of para-hydroxylation sites is 2. The van der Waals surface area contributed by atoms with E-state index in [0.717, 1.165) is 33.1 Å². The number of nitrogens with zero attached hydrogens (tertiary/aromatic N) is 2. The van der Waals surface area contributed by atoms with Crippen LogP contribution in [0.15, 0.2) is 77.9 Å². The highest BCUT2D eigenvalue weighted by Crippen LogP contribution is 2.24. The van der Waals surface area contributed by atoms with Crippen LogP contribution in [0.3, 0.4) is 0 Å². The molecule has 0 bridgehead atoms. The van der Waals surface area contributed by atoms with Gasteiger partial charge in [-0.1, -0.05) is 48.0 Å². The second kappa shape index (κ2) is 6.30. The Morgan fingerprint density at radius 1 is 0.792 bits per heavy atom. The molecule has 3 aromatic carbocycles. The maximum Gasteiger partial charge on any atom is 0.0716 e. The normalized spacial score (nSPS) is 11.4. The standard InChI is InChI=1S/C20H14ClN3/c21-14-9-11-15(12-10-14)24-22-13-18-16-5-1-3-7-19(16)23-20-8-4-2-6-17(18)20/h1-13,24H. The Labute approximate surface area is 144 Å². The van der Waals surface area contributed by atoms with Crippen LogP contribution in [0.5, 0.6) is 0 Å². The molecule has 116 valence electrons. The summed E-state index contributed by atoms with van der Waals surface area (Å²) in [6.45, 7) is 0. The first-order chi connectivity index (χ1) is 11.8. The molecule has 4 heteroatoms. The van der Waals surface area contributed by atoms with Crippen molar-refractivity contribution in [3.8, 4) is 0 Å². The number of aromatic nitrogens is 1. The summed E-state index contributed by atoms with van der Waals surface area (Å²) in [5, 5.41) is 7.26. The minimum Gasteiger partial charge on any atom is -0.279 e. The van der Waals surface area contributed by atoms with Crippen LogP contribution in [0.2, 0.25) is 5.02 Å². The lowest BCUT2D eigenvalue weighted by Crippen LogP contribution is -1.94. The van der Waals surface area contributed by atoms with Crippen LogP contribution in [0.25, 0.3) is 21.8 Å². The molecule has 0 unspecified atom stereocenters. The van der Waals surface area contributed by atoms with Crippen LogP contribution < -0.4 is 5.43 Å². The molecule has 3 nitrogen and oxygen atoms in total. The topological polar surface area (TPSA) is 37.3 Å². The lowest BCUT2D eigenvalue weighted by Gasteiger charge is -2.07. The number of hydrazone groups is 1. The van der Waals surface area contributed by atoms with Crippen LogP contribution in [0.1, 0.15) is 5.56 Å². The number of nitrogens with one attached hydrogen (secondary N) is 1. The lowest BCUT2D eigenvalue weighted by molar-refractivity contribution is 1.35. The van der Waals surface area contributed by atoms with Crippen LogP contribution in [0.4, 0.5) is 5.69 Å². The van der Waals surface area contributed by atoms with Crippen LogP contribution >= 0.6 is 11.6 Å². The van der Waals surface area contributed by atoms with Crippen molar-refractivity contribution >= 4 is 45.3 Å². The number of pyridine rings is 1. The Bertz CT molecular complexity index is 986. The summed E-state index contributed by atoms with van der Waals surface area (Å²) >= 11 is 5.90. The summed E-state index contributed by atoms with van der Waals surface area (Å²) in [7, 11) is 0. The van der Waals surface area contributed by atoms with E-state index in [-0.39, 0.29) is 0 Å². The number of hydrogen-bond donors (Lipinski definition) is 1. The predicted octanol–water partition coefficient (Wildman–Crippen LogP) is 5.49. The summed E-state index contributed by atoms with van der Waals surface area (Å²) in [4.78, 5) is 4.72. The second-order valence-corrected chi connectivity index (χ2v) is 5.87. The molecule has 4 aromatic rings. The van der Waals surface area contributed by atoms with E-state index in [1.165, 1.54) is 0 Å². The summed E-state index contributed by atoms with van der Waals surface area (Å²) in [6.07, 6.45) is 1.85. The third kappa shape index (κ3) is 2.82. The molecular formula is C20H14ClN3. The number of rotatable bonds is 3. The van der Waals surface area contributed by atoms with Gasteiger partial charge in [0, 0.05) is 21.4 Å². The fourth-order valence-electron chi connectivity index (χ4n) is 2.71. The number of halogens is 1. The third-order valence-corrected chi connectivity index (χ3v) is 4.11. The van der Waals surface area contributed by atoms with Gasteiger partial charge >= 0.3 is 0 Å². The van der Waals surface area contributed by atoms with E-state index < -0.39 is 0 Å². The van der Waals surface area contributed by atoms with E-state index >= 15 is 0 Å². The molecule has 0 aliphatic carbocycles. The molecular weight excluding hydrogens is 318 g/mol. The number of benzene rings is 3. The fourth-order valence-corrected chi connectivity index (χ4v) is 2.83. The van der Waals surface area contributed by atoms with Gasteiger partial charge in [-0.25, -0.2) is 4.98 Å². The van der Waals surface area contributed by atoms with E-state index in [4.69, 9.17) is 16.6 Å². The molecule has 0 atom stereocenters. The van der Waals surface area contributed by atoms with Gasteiger partial charge in [-0.3, -0.25) is 5.43 Å². The molecule has 0 aliphatic heterocycles. The molecule has 4 rings (SSSR count). The molecule has 0 saturated heterocycles. The average Bonchev–Trinajstić information content (AvgIpc) is 2.63. The summed E-state index contributed by atoms with van der Waals surface area (Å²) in [5.41, 5.74) is 6.91. The van der Waals surface area contributed by atoms with E-state index in [1.54, 1.807) is 0 Å². The van der Waals surface area contributed by atoms with Gasteiger partial charge in [-0.05, 0) is 36.4 Å². The van der Waals surface area contributed by atoms with Gasteiger partial charge in [0.15, 0.2) is 0 Å². The Morgan fingerprint density at radius 3 is 2.00 bits per heavy atom. The number of hydrogen-bond acceptors (Lipinski definition) is 3. The molecule has 0 spiro atoms. The van der Waals surface area contributed by atoms with Gasteiger partial charge in [0.2, 0.25) is 0 Å². The van der Waals surface area contributed by atoms with Gasteiger partial charge in [-0.15, -0.1) is 0 Å². The maximum absolute atomic E-state index is 5.90. The SMILES string of the molecule is Clc1ccc(NN=Cc2c3ccccc3nc3ccccc23)cc1.